The summed E-state index contributed by atoms with van der Waals surface area (Å²) in [5.74, 6) is 0. The first-order valence-electron chi connectivity index (χ1n) is 7.05. The van der Waals surface area contributed by atoms with Crippen molar-refractivity contribution >= 4 is 0 Å². The Kier molecular flexibility index (Phi) is 8.66. The Balaban J connectivity index is 1.85. The van der Waals surface area contributed by atoms with Crippen molar-refractivity contribution in [3.63, 3.8) is 0 Å². The van der Waals surface area contributed by atoms with Crippen LogP contribution >= 0.6 is 0 Å². The molecule has 1 aromatic rings. The second-order valence-electron chi connectivity index (χ2n) is 4.62. The van der Waals surface area contributed by atoms with E-state index >= 15 is 0 Å². The predicted octanol–water partition coefficient (Wildman–Crippen LogP) is 4.61. The maximum atomic E-state index is 5.46. The number of rotatable bonds is 10. The lowest BCUT2D eigenvalue weighted by Crippen LogP contribution is -1.95. The number of unbranched alkanes of at least 4 members (excludes halogenated alkanes) is 4. The molecule has 0 aliphatic heterocycles. The molecule has 0 aliphatic rings. The second-order valence-corrected chi connectivity index (χ2v) is 4.62. The first-order valence-corrected chi connectivity index (χ1v) is 7.05. The Bertz CT molecular complexity index is 255. The Hall–Kier alpha value is -0.820. The van der Waals surface area contributed by atoms with Crippen LogP contribution in [0.3, 0.4) is 0 Å². The first kappa shape index (κ1) is 14.2. The molecule has 0 saturated heterocycles. The van der Waals surface area contributed by atoms with Gasteiger partial charge in [0.1, 0.15) is 0 Å². The van der Waals surface area contributed by atoms with Crippen molar-refractivity contribution in [2.75, 3.05) is 13.2 Å². The lowest BCUT2D eigenvalue weighted by Gasteiger charge is -2.03. The zero-order valence-corrected chi connectivity index (χ0v) is 11.2. The van der Waals surface area contributed by atoms with Crippen molar-refractivity contribution in [3.05, 3.63) is 35.9 Å². The summed E-state index contributed by atoms with van der Waals surface area (Å²) in [6.07, 6.45) is 8.93. The third kappa shape index (κ3) is 7.98. The van der Waals surface area contributed by atoms with Gasteiger partial charge in [-0.25, -0.2) is 0 Å². The molecule has 1 aromatic carbocycles. The molecule has 1 heteroatoms. The highest BCUT2D eigenvalue weighted by molar-refractivity contribution is 5.14. The van der Waals surface area contributed by atoms with Crippen LogP contribution in [0.25, 0.3) is 0 Å². The predicted molar refractivity (Wildman–Crippen MR) is 74.3 cm³/mol. The van der Waals surface area contributed by atoms with Crippen LogP contribution in [0.2, 0.25) is 0 Å². The molecule has 0 radical (unpaired) electrons. The molecule has 0 saturated carbocycles. The summed E-state index contributed by atoms with van der Waals surface area (Å²) in [4.78, 5) is 0. The fraction of sp³-hybridized carbons (Fsp3) is 0.625. The smallest absolute Gasteiger partial charge is 0.0466 e. The molecule has 0 bridgehead atoms. The average molecular weight is 234 g/mol. The molecule has 0 amide bonds. The van der Waals surface area contributed by atoms with E-state index in [1.54, 1.807) is 0 Å². The molecule has 0 aromatic heterocycles. The Morgan fingerprint density at radius 2 is 1.53 bits per heavy atom. The van der Waals surface area contributed by atoms with Gasteiger partial charge in [-0.3, -0.25) is 0 Å². The highest BCUT2D eigenvalue weighted by Crippen LogP contribution is 2.08. The van der Waals surface area contributed by atoms with Crippen molar-refractivity contribution < 1.29 is 4.74 Å². The molecule has 17 heavy (non-hydrogen) atoms. The largest absolute Gasteiger partial charge is 0.381 e. The number of aryl methyl sites for hydroxylation is 1. The Labute approximate surface area is 106 Å². The minimum Gasteiger partial charge on any atom is -0.381 e. The van der Waals surface area contributed by atoms with Gasteiger partial charge in [0.2, 0.25) is 0 Å². The first-order chi connectivity index (χ1) is 8.43. The van der Waals surface area contributed by atoms with Gasteiger partial charge >= 0.3 is 0 Å². The van der Waals surface area contributed by atoms with Gasteiger partial charge in [0.25, 0.3) is 0 Å². The lowest BCUT2D eigenvalue weighted by atomic mass is 10.1. The van der Waals surface area contributed by atoms with Gasteiger partial charge in [-0.1, -0.05) is 56.5 Å². The number of ether oxygens (including phenoxy) is 1. The van der Waals surface area contributed by atoms with Gasteiger partial charge in [0.05, 0.1) is 0 Å². The quantitative estimate of drug-likeness (QED) is 0.537. The maximum Gasteiger partial charge on any atom is 0.0466 e. The van der Waals surface area contributed by atoms with E-state index in [-0.39, 0.29) is 0 Å². The summed E-state index contributed by atoms with van der Waals surface area (Å²) in [6, 6.07) is 10.8. The molecule has 0 aliphatic carbocycles. The summed E-state index contributed by atoms with van der Waals surface area (Å²) < 4.78 is 5.46. The molecule has 0 N–H and O–H groups in total. The van der Waals surface area contributed by atoms with Crippen LogP contribution in [-0.4, -0.2) is 13.2 Å². The van der Waals surface area contributed by atoms with Crippen LogP contribution in [-0.2, 0) is 11.2 Å². The molecule has 0 spiro atoms. The Morgan fingerprint density at radius 1 is 0.824 bits per heavy atom. The van der Waals surface area contributed by atoms with E-state index < -0.39 is 0 Å². The van der Waals surface area contributed by atoms with E-state index in [4.69, 9.17) is 4.74 Å². The molecular formula is C16H26O. The van der Waals surface area contributed by atoms with Gasteiger partial charge in [-0.05, 0) is 31.2 Å². The van der Waals surface area contributed by atoms with Gasteiger partial charge in [-0.15, -0.1) is 0 Å². The van der Waals surface area contributed by atoms with Crippen LogP contribution in [0.15, 0.2) is 30.3 Å². The summed E-state index contributed by atoms with van der Waals surface area (Å²) in [5, 5.41) is 0. The Morgan fingerprint density at radius 3 is 2.29 bits per heavy atom. The maximum absolute atomic E-state index is 5.46. The zero-order valence-electron chi connectivity index (χ0n) is 11.2. The molecule has 0 fully saturated rings. The lowest BCUT2D eigenvalue weighted by molar-refractivity contribution is 0.130. The third-order valence-corrected chi connectivity index (χ3v) is 2.95. The van der Waals surface area contributed by atoms with Crippen molar-refractivity contribution in [1.29, 1.82) is 0 Å². The minimum atomic E-state index is 0.925. The van der Waals surface area contributed by atoms with Crippen LogP contribution in [0, 0.1) is 0 Å². The summed E-state index contributed by atoms with van der Waals surface area (Å²) >= 11 is 0. The zero-order chi connectivity index (χ0) is 12.2. The molecule has 96 valence electrons. The van der Waals surface area contributed by atoms with E-state index in [0.29, 0.717) is 0 Å². The van der Waals surface area contributed by atoms with Crippen LogP contribution in [0.1, 0.15) is 51.0 Å². The normalized spacial score (nSPS) is 10.6. The third-order valence-electron chi connectivity index (χ3n) is 2.95. The van der Waals surface area contributed by atoms with Gasteiger partial charge < -0.3 is 4.74 Å². The van der Waals surface area contributed by atoms with Gasteiger partial charge in [-0.2, -0.15) is 0 Å². The van der Waals surface area contributed by atoms with E-state index in [9.17, 15) is 0 Å². The van der Waals surface area contributed by atoms with Crippen molar-refractivity contribution in [1.82, 2.24) is 0 Å². The number of benzene rings is 1. The number of hydrogen-bond acceptors (Lipinski definition) is 1. The van der Waals surface area contributed by atoms with E-state index in [0.717, 1.165) is 19.6 Å². The van der Waals surface area contributed by atoms with Crippen LogP contribution < -0.4 is 0 Å². The highest BCUT2D eigenvalue weighted by atomic mass is 16.5. The molecule has 0 atom stereocenters. The monoisotopic (exact) mass is 234 g/mol. The van der Waals surface area contributed by atoms with Crippen molar-refractivity contribution in [2.45, 2.75) is 51.9 Å². The van der Waals surface area contributed by atoms with E-state index in [1.807, 2.05) is 0 Å². The molecule has 1 nitrogen and oxygen atoms in total. The fourth-order valence-corrected chi connectivity index (χ4v) is 1.95. The minimum absolute atomic E-state index is 0.925. The molecular weight excluding hydrogens is 208 g/mol. The standard InChI is InChI=1S/C16H26O/c1-2-14-17-15-10-5-3-4-7-11-16-12-8-6-9-13-16/h6,8-9,12-13H,2-5,7,10-11,14-15H2,1H3. The molecule has 0 heterocycles. The summed E-state index contributed by atoms with van der Waals surface area (Å²) in [5.41, 5.74) is 1.47. The second kappa shape index (κ2) is 10.3. The number of hydrogen-bond donors (Lipinski definition) is 0. The van der Waals surface area contributed by atoms with E-state index in [2.05, 4.69) is 37.3 Å². The van der Waals surface area contributed by atoms with Crippen LogP contribution in [0.5, 0.6) is 0 Å². The van der Waals surface area contributed by atoms with Crippen LogP contribution in [0.4, 0.5) is 0 Å². The fourth-order valence-electron chi connectivity index (χ4n) is 1.95. The van der Waals surface area contributed by atoms with Crippen molar-refractivity contribution in [3.8, 4) is 0 Å². The SMILES string of the molecule is CCCOCCCCCCCc1ccccc1. The molecule has 0 unspecified atom stereocenters. The summed E-state index contributed by atoms with van der Waals surface area (Å²) in [6.45, 7) is 4.03. The topological polar surface area (TPSA) is 9.23 Å². The molecule has 1 rings (SSSR count). The average Bonchev–Trinajstić information content (AvgIpc) is 2.38. The van der Waals surface area contributed by atoms with Gasteiger partial charge in [0.15, 0.2) is 0 Å². The van der Waals surface area contributed by atoms with E-state index in [1.165, 1.54) is 44.1 Å². The van der Waals surface area contributed by atoms with Gasteiger partial charge in [0, 0.05) is 13.2 Å². The summed E-state index contributed by atoms with van der Waals surface area (Å²) in [7, 11) is 0. The van der Waals surface area contributed by atoms with Crippen molar-refractivity contribution in [2.24, 2.45) is 0 Å². The highest BCUT2D eigenvalue weighted by Gasteiger charge is 1.93.